The number of nitrogens with zero attached hydrogens (tertiary/aromatic N) is 1. The minimum atomic E-state index is -0.0579. The van der Waals surface area contributed by atoms with Crippen molar-refractivity contribution in [1.82, 2.24) is 4.90 Å². The summed E-state index contributed by atoms with van der Waals surface area (Å²) in [6, 6.07) is 0. The highest BCUT2D eigenvalue weighted by Crippen LogP contribution is 2.65. The Hall–Kier alpha value is -1.20. The number of morpholine rings is 1. The smallest absolute Gasteiger partial charge is 0.320 e. The van der Waals surface area contributed by atoms with Crippen molar-refractivity contribution >= 4 is 11.8 Å². The van der Waals surface area contributed by atoms with Crippen LogP contribution >= 0.6 is 0 Å². The Morgan fingerprint density at radius 2 is 1.90 bits per heavy atom. The molecule has 5 nitrogen and oxygen atoms in total. The second-order valence-electron chi connectivity index (χ2n) is 11.0. The van der Waals surface area contributed by atoms with E-state index in [4.69, 9.17) is 9.47 Å². The molecular formula is C25H37NO4. The van der Waals surface area contributed by atoms with E-state index in [1.165, 1.54) is 24.8 Å². The average molecular weight is 416 g/mol. The van der Waals surface area contributed by atoms with Gasteiger partial charge in [-0.15, -0.1) is 0 Å². The maximum absolute atomic E-state index is 12.7. The maximum Gasteiger partial charge on any atom is 0.320 e. The number of ether oxygens (including phenoxy) is 2. The van der Waals surface area contributed by atoms with Crippen molar-refractivity contribution in [3.05, 3.63) is 11.6 Å². The molecule has 1 saturated heterocycles. The highest BCUT2D eigenvalue weighted by molar-refractivity contribution is 5.91. The van der Waals surface area contributed by atoms with Gasteiger partial charge in [0.2, 0.25) is 0 Å². The van der Waals surface area contributed by atoms with Gasteiger partial charge in [0.1, 0.15) is 6.10 Å². The van der Waals surface area contributed by atoms with Crippen molar-refractivity contribution in [1.29, 1.82) is 0 Å². The fraction of sp³-hybridized carbons (Fsp3) is 0.840. The van der Waals surface area contributed by atoms with Crippen LogP contribution in [0.3, 0.4) is 0 Å². The topological polar surface area (TPSA) is 55.8 Å². The first-order valence-electron chi connectivity index (χ1n) is 12.1. The molecule has 5 aliphatic rings. The summed E-state index contributed by atoms with van der Waals surface area (Å²) in [5, 5.41) is 0. The molecule has 5 heteroatoms. The van der Waals surface area contributed by atoms with E-state index in [2.05, 4.69) is 18.7 Å². The van der Waals surface area contributed by atoms with Crippen molar-refractivity contribution in [2.24, 2.45) is 28.6 Å². The van der Waals surface area contributed by atoms with Crippen LogP contribution in [0, 0.1) is 28.6 Å². The van der Waals surface area contributed by atoms with Crippen molar-refractivity contribution < 1.29 is 19.1 Å². The third-order valence-electron chi connectivity index (χ3n) is 9.61. The SMILES string of the molecule is CC12CCC(=O)C=C1CCC1C2CCC2(C)C(OC(=O)CN3CCOCC3)CCC12. The van der Waals surface area contributed by atoms with Crippen molar-refractivity contribution in [2.75, 3.05) is 32.8 Å². The molecule has 0 spiro atoms. The molecule has 0 radical (unpaired) electrons. The molecule has 4 aliphatic carbocycles. The molecule has 30 heavy (non-hydrogen) atoms. The Balaban J connectivity index is 1.28. The van der Waals surface area contributed by atoms with E-state index in [9.17, 15) is 9.59 Å². The second-order valence-corrected chi connectivity index (χ2v) is 11.0. The Bertz CT molecular complexity index is 741. The number of allylic oxidation sites excluding steroid dienone is 1. The summed E-state index contributed by atoms with van der Waals surface area (Å²) in [7, 11) is 0. The zero-order valence-corrected chi connectivity index (χ0v) is 18.7. The zero-order chi connectivity index (χ0) is 20.9. The summed E-state index contributed by atoms with van der Waals surface area (Å²) in [4.78, 5) is 26.8. The summed E-state index contributed by atoms with van der Waals surface area (Å²) in [6.45, 7) is 8.28. The van der Waals surface area contributed by atoms with E-state index < -0.39 is 0 Å². The molecule has 0 aromatic carbocycles. The molecule has 6 atom stereocenters. The van der Waals surface area contributed by atoms with Crippen LogP contribution in [0.15, 0.2) is 11.6 Å². The Morgan fingerprint density at radius 1 is 1.10 bits per heavy atom. The molecule has 0 aromatic heterocycles. The van der Waals surface area contributed by atoms with Gasteiger partial charge < -0.3 is 9.47 Å². The quantitative estimate of drug-likeness (QED) is 0.657. The normalized spacial score (nSPS) is 43.9. The van der Waals surface area contributed by atoms with Crippen molar-refractivity contribution in [3.8, 4) is 0 Å². The molecule has 5 rings (SSSR count). The molecule has 1 heterocycles. The molecule has 3 saturated carbocycles. The maximum atomic E-state index is 12.7. The molecular weight excluding hydrogens is 378 g/mol. The van der Waals surface area contributed by atoms with E-state index in [1.807, 2.05) is 6.08 Å². The van der Waals surface area contributed by atoms with Crippen LogP contribution in [0.1, 0.15) is 65.2 Å². The zero-order valence-electron chi connectivity index (χ0n) is 18.7. The number of carbonyl (C=O) groups excluding carboxylic acids is 2. The average Bonchev–Trinajstić information content (AvgIpc) is 3.05. The Labute approximate surface area is 180 Å². The Kier molecular flexibility index (Phi) is 5.34. The van der Waals surface area contributed by atoms with E-state index in [0.29, 0.717) is 49.7 Å². The van der Waals surface area contributed by atoms with Crippen molar-refractivity contribution in [3.63, 3.8) is 0 Å². The molecule has 0 N–H and O–H groups in total. The largest absolute Gasteiger partial charge is 0.461 e. The van der Waals surface area contributed by atoms with Crippen LogP contribution in [0.4, 0.5) is 0 Å². The fourth-order valence-corrected chi connectivity index (χ4v) is 7.84. The molecule has 4 fully saturated rings. The van der Waals surface area contributed by atoms with Gasteiger partial charge in [0.25, 0.3) is 0 Å². The van der Waals surface area contributed by atoms with Crippen LogP contribution in [0.2, 0.25) is 0 Å². The van der Waals surface area contributed by atoms with E-state index in [1.54, 1.807) is 0 Å². The van der Waals surface area contributed by atoms with Crippen LogP contribution in [-0.2, 0) is 19.1 Å². The third kappa shape index (κ3) is 3.37. The summed E-state index contributed by atoms with van der Waals surface area (Å²) < 4.78 is 11.5. The lowest BCUT2D eigenvalue weighted by Gasteiger charge is -2.57. The molecule has 0 amide bonds. The number of hydrogen-bond acceptors (Lipinski definition) is 5. The highest BCUT2D eigenvalue weighted by atomic mass is 16.5. The van der Waals surface area contributed by atoms with Crippen LogP contribution in [0.5, 0.6) is 0 Å². The van der Waals surface area contributed by atoms with Gasteiger partial charge in [-0.2, -0.15) is 0 Å². The van der Waals surface area contributed by atoms with Crippen molar-refractivity contribution in [2.45, 2.75) is 71.3 Å². The number of carbonyl (C=O) groups is 2. The van der Waals surface area contributed by atoms with Gasteiger partial charge in [0, 0.05) is 24.9 Å². The highest BCUT2D eigenvalue weighted by Gasteiger charge is 2.59. The minimum absolute atomic E-state index is 0.0579. The van der Waals surface area contributed by atoms with E-state index in [0.717, 1.165) is 38.8 Å². The predicted molar refractivity (Wildman–Crippen MR) is 114 cm³/mol. The molecule has 166 valence electrons. The summed E-state index contributed by atoms with van der Waals surface area (Å²) in [5.74, 6) is 2.31. The monoisotopic (exact) mass is 415 g/mol. The lowest BCUT2D eigenvalue weighted by molar-refractivity contribution is -0.161. The number of rotatable bonds is 3. The van der Waals surface area contributed by atoms with Gasteiger partial charge in [-0.05, 0) is 74.2 Å². The van der Waals surface area contributed by atoms with Gasteiger partial charge in [-0.25, -0.2) is 0 Å². The number of hydrogen-bond donors (Lipinski definition) is 0. The first-order valence-corrected chi connectivity index (χ1v) is 12.1. The first kappa shape index (κ1) is 20.7. The van der Waals surface area contributed by atoms with E-state index in [-0.39, 0.29) is 22.9 Å². The molecule has 1 aliphatic heterocycles. The first-order chi connectivity index (χ1) is 14.4. The third-order valence-corrected chi connectivity index (χ3v) is 9.61. The van der Waals surface area contributed by atoms with Crippen LogP contribution < -0.4 is 0 Å². The number of esters is 1. The van der Waals surface area contributed by atoms with Gasteiger partial charge in [0.05, 0.1) is 19.8 Å². The summed E-state index contributed by atoms with van der Waals surface area (Å²) in [6.07, 6.45) is 10.6. The summed E-state index contributed by atoms with van der Waals surface area (Å²) in [5.41, 5.74) is 1.75. The van der Waals surface area contributed by atoms with Crippen LogP contribution in [0.25, 0.3) is 0 Å². The molecule has 0 aromatic rings. The van der Waals surface area contributed by atoms with E-state index >= 15 is 0 Å². The standard InChI is InChI=1S/C25H37NO4/c1-24-9-7-18(27)15-17(24)3-4-19-20-5-6-22(25(20,2)10-8-21(19)24)30-23(28)16-26-11-13-29-14-12-26/h15,19-22H,3-14,16H2,1-2H3. The lowest BCUT2D eigenvalue weighted by atomic mass is 9.47. The van der Waals surface area contributed by atoms with Gasteiger partial charge in [0.15, 0.2) is 5.78 Å². The summed E-state index contributed by atoms with van der Waals surface area (Å²) >= 11 is 0. The predicted octanol–water partition coefficient (Wildman–Crippen LogP) is 3.76. The second kappa shape index (κ2) is 7.74. The van der Waals surface area contributed by atoms with Crippen LogP contribution in [-0.4, -0.2) is 55.6 Å². The van der Waals surface area contributed by atoms with Gasteiger partial charge in [-0.1, -0.05) is 19.4 Å². The fourth-order valence-electron chi connectivity index (χ4n) is 7.84. The minimum Gasteiger partial charge on any atom is -0.461 e. The van der Waals surface area contributed by atoms with Gasteiger partial charge in [-0.3, -0.25) is 14.5 Å². The number of fused-ring (bicyclic) bond motifs is 5. The Morgan fingerprint density at radius 3 is 2.70 bits per heavy atom. The molecule has 0 bridgehead atoms. The molecule has 6 unspecified atom stereocenters. The van der Waals surface area contributed by atoms with Gasteiger partial charge >= 0.3 is 5.97 Å². The number of ketones is 1. The lowest BCUT2D eigenvalue weighted by Crippen LogP contribution is -2.52.